The molecule has 0 aliphatic rings. The van der Waals surface area contributed by atoms with Crippen molar-refractivity contribution >= 4 is 17.3 Å². The van der Waals surface area contributed by atoms with E-state index in [1.165, 1.54) is 17.5 Å². The molecule has 0 saturated carbocycles. The smallest absolute Gasteiger partial charge is 0.0485 e. The van der Waals surface area contributed by atoms with Crippen molar-refractivity contribution in [3.8, 4) is 0 Å². The molecule has 100 valence electrons. The second-order valence-corrected chi connectivity index (χ2v) is 5.30. The van der Waals surface area contributed by atoms with Crippen LogP contribution >= 0.6 is 11.6 Å². The van der Waals surface area contributed by atoms with Crippen LogP contribution in [0.3, 0.4) is 0 Å². The number of benzene rings is 2. The van der Waals surface area contributed by atoms with Gasteiger partial charge in [-0.25, -0.2) is 0 Å². The van der Waals surface area contributed by atoms with Gasteiger partial charge in [-0.15, -0.1) is 0 Å². The van der Waals surface area contributed by atoms with Crippen molar-refractivity contribution in [3.63, 3.8) is 0 Å². The summed E-state index contributed by atoms with van der Waals surface area (Å²) >= 11 is 5.88. The molecule has 0 fully saturated rings. The van der Waals surface area contributed by atoms with E-state index >= 15 is 0 Å². The minimum atomic E-state index is 0.289. The predicted molar refractivity (Wildman–Crippen MR) is 83.9 cm³/mol. The Hall–Kier alpha value is -1.47. The Morgan fingerprint density at radius 3 is 2.21 bits per heavy atom. The zero-order valence-corrected chi connectivity index (χ0v) is 12.2. The van der Waals surface area contributed by atoms with Gasteiger partial charge in [0, 0.05) is 16.8 Å². The lowest BCUT2D eigenvalue weighted by atomic mass is 10.0. The lowest BCUT2D eigenvalue weighted by Crippen LogP contribution is -2.06. The maximum absolute atomic E-state index is 5.88. The first kappa shape index (κ1) is 14.0. The second-order valence-electron chi connectivity index (χ2n) is 4.86. The van der Waals surface area contributed by atoms with E-state index in [4.69, 9.17) is 11.6 Å². The molecule has 0 aliphatic heterocycles. The van der Waals surface area contributed by atoms with E-state index in [1.54, 1.807) is 0 Å². The maximum atomic E-state index is 5.88. The number of hydrogen-bond donors (Lipinski definition) is 1. The van der Waals surface area contributed by atoms with Crippen LogP contribution in [0.4, 0.5) is 5.69 Å². The summed E-state index contributed by atoms with van der Waals surface area (Å²) in [6.45, 7) is 4.38. The van der Waals surface area contributed by atoms with Crippen LogP contribution in [0, 0.1) is 0 Å². The van der Waals surface area contributed by atoms with Gasteiger partial charge in [-0.3, -0.25) is 0 Å². The van der Waals surface area contributed by atoms with E-state index in [-0.39, 0.29) is 6.04 Å². The van der Waals surface area contributed by atoms with Crippen LogP contribution < -0.4 is 5.32 Å². The van der Waals surface area contributed by atoms with Crippen LogP contribution in [0.15, 0.2) is 48.5 Å². The first-order valence-electron chi connectivity index (χ1n) is 6.80. The summed E-state index contributed by atoms with van der Waals surface area (Å²) in [6, 6.07) is 17.0. The predicted octanol–water partition coefficient (Wildman–Crippen LogP) is 5.47. The Labute approximate surface area is 120 Å². The number of anilines is 1. The van der Waals surface area contributed by atoms with Gasteiger partial charge in [0.05, 0.1) is 0 Å². The highest BCUT2D eigenvalue weighted by atomic mass is 35.5. The molecule has 0 bridgehead atoms. The highest BCUT2D eigenvalue weighted by molar-refractivity contribution is 6.30. The largest absolute Gasteiger partial charge is 0.379 e. The average Bonchev–Trinajstić information content (AvgIpc) is 2.42. The zero-order valence-electron chi connectivity index (χ0n) is 11.5. The van der Waals surface area contributed by atoms with Gasteiger partial charge >= 0.3 is 0 Å². The molecule has 0 spiro atoms. The van der Waals surface area contributed by atoms with Gasteiger partial charge in [-0.1, -0.05) is 49.2 Å². The van der Waals surface area contributed by atoms with Gasteiger partial charge in [0.2, 0.25) is 0 Å². The molecular formula is C17H20ClN. The molecule has 2 aromatic carbocycles. The van der Waals surface area contributed by atoms with Crippen LogP contribution in [0.2, 0.25) is 5.02 Å². The molecule has 1 unspecified atom stereocenters. The summed E-state index contributed by atoms with van der Waals surface area (Å²) in [5.74, 6) is 0. The van der Waals surface area contributed by atoms with Crippen molar-refractivity contribution in [3.05, 3.63) is 64.7 Å². The quantitative estimate of drug-likeness (QED) is 0.762. The maximum Gasteiger partial charge on any atom is 0.0485 e. The minimum Gasteiger partial charge on any atom is -0.379 e. The van der Waals surface area contributed by atoms with Crippen LogP contribution in [0.1, 0.15) is 37.4 Å². The Bertz CT molecular complexity index is 502. The van der Waals surface area contributed by atoms with Crippen LogP contribution in [-0.4, -0.2) is 0 Å². The summed E-state index contributed by atoms with van der Waals surface area (Å²) in [5, 5.41) is 4.24. The molecule has 1 nitrogen and oxygen atoms in total. The Morgan fingerprint density at radius 1 is 1.00 bits per heavy atom. The normalized spacial score (nSPS) is 12.2. The fourth-order valence-electron chi connectivity index (χ4n) is 2.14. The summed E-state index contributed by atoms with van der Waals surface area (Å²) in [7, 11) is 0. The number of nitrogens with one attached hydrogen (secondary N) is 1. The average molecular weight is 274 g/mol. The van der Waals surface area contributed by atoms with Crippen LogP contribution in [-0.2, 0) is 6.42 Å². The number of rotatable bonds is 5. The Kier molecular flexibility index (Phi) is 4.86. The third-order valence-corrected chi connectivity index (χ3v) is 3.50. The van der Waals surface area contributed by atoms with Gasteiger partial charge in [0.1, 0.15) is 0 Å². The monoisotopic (exact) mass is 273 g/mol. The summed E-state index contributed by atoms with van der Waals surface area (Å²) < 4.78 is 0. The lowest BCUT2D eigenvalue weighted by molar-refractivity contribution is 0.876. The molecular weight excluding hydrogens is 254 g/mol. The standard InChI is InChI=1S/C17H20ClN/c1-3-4-14-5-7-15(8-6-14)13(2)19-17-11-9-16(18)10-12-17/h5-13,19H,3-4H2,1-2H3. The van der Waals surface area contributed by atoms with Crippen LogP contribution in [0.5, 0.6) is 0 Å². The summed E-state index contributed by atoms with van der Waals surface area (Å²) in [5.41, 5.74) is 3.80. The van der Waals surface area contributed by atoms with E-state index in [0.717, 1.165) is 17.1 Å². The fourth-order valence-corrected chi connectivity index (χ4v) is 2.27. The van der Waals surface area contributed by atoms with Crippen molar-refractivity contribution in [1.29, 1.82) is 0 Å². The van der Waals surface area contributed by atoms with Crippen molar-refractivity contribution in [1.82, 2.24) is 0 Å². The Balaban J connectivity index is 2.02. The zero-order chi connectivity index (χ0) is 13.7. The fraction of sp³-hybridized carbons (Fsp3) is 0.294. The first-order valence-corrected chi connectivity index (χ1v) is 7.18. The molecule has 0 radical (unpaired) electrons. The van der Waals surface area contributed by atoms with Crippen molar-refractivity contribution in [2.45, 2.75) is 32.7 Å². The topological polar surface area (TPSA) is 12.0 Å². The lowest BCUT2D eigenvalue weighted by Gasteiger charge is -2.16. The highest BCUT2D eigenvalue weighted by Gasteiger charge is 2.05. The Morgan fingerprint density at radius 2 is 1.63 bits per heavy atom. The third-order valence-electron chi connectivity index (χ3n) is 3.25. The highest BCUT2D eigenvalue weighted by Crippen LogP contribution is 2.21. The van der Waals surface area contributed by atoms with E-state index in [2.05, 4.69) is 43.4 Å². The van der Waals surface area contributed by atoms with E-state index in [1.807, 2.05) is 24.3 Å². The summed E-state index contributed by atoms with van der Waals surface area (Å²) in [4.78, 5) is 0. The molecule has 2 heteroatoms. The van der Waals surface area contributed by atoms with Crippen molar-refractivity contribution < 1.29 is 0 Å². The third kappa shape index (κ3) is 4.00. The molecule has 1 atom stereocenters. The minimum absolute atomic E-state index is 0.289. The van der Waals surface area contributed by atoms with Gasteiger partial charge in [-0.05, 0) is 48.7 Å². The molecule has 0 aliphatic carbocycles. The van der Waals surface area contributed by atoms with Gasteiger partial charge in [0.25, 0.3) is 0 Å². The number of hydrogen-bond acceptors (Lipinski definition) is 1. The van der Waals surface area contributed by atoms with Gasteiger partial charge < -0.3 is 5.32 Å². The number of aryl methyl sites for hydroxylation is 1. The molecule has 1 N–H and O–H groups in total. The number of halogens is 1. The molecule has 2 rings (SSSR count). The van der Waals surface area contributed by atoms with E-state index in [9.17, 15) is 0 Å². The molecule has 2 aromatic rings. The molecule has 0 heterocycles. The molecule has 0 amide bonds. The first-order chi connectivity index (χ1) is 9.19. The van der Waals surface area contributed by atoms with E-state index in [0.29, 0.717) is 0 Å². The van der Waals surface area contributed by atoms with Crippen LogP contribution in [0.25, 0.3) is 0 Å². The molecule has 0 saturated heterocycles. The van der Waals surface area contributed by atoms with Gasteiger partial charge in [-0.2, -0.15) is 0 Å². The summed E-state index contributed by atoms with van der Waals surface area (Å²) in [6.07, 6.45) is 2.34. The molecule has 19 heavy (non-hydrogen) atoms. The van der Waals surface area contributed by atoms with Gasteiger partial charge in [0.15, 0.2) is 0 Å². The molecule has 0 aromatic heterocycles. The second kappa shape index (κ2) is 6.63. The van der Waals surface area contributed by atoms with Crippen molar-refractivity contribution in [2.75, 3.05) is 5.32 Å². The van der Waals surface area contributed by atoms with Crippen molar-refractivity contribution in [2.24, 2.45) is 0 Å². The SMILES string of the molecule is CCCc1ccc(C(C)Nc2ccc(Cl)cc2)cc1. The van der Waals surface area contributed by atoms with E-state index < -0.39 is 0 Å².